The molecule has 0 spiro atoms. The average Bonchev–Trinajstić information content (AvgIpc) is 2.90. The highest BCUT2D eigenvalue weighted by atomic mass is 19.1. The molecule has 2 heterocycles. The Balaban J connectivity index is 1.35. The highest BCUT2D eigenvalue weighted by Crippen LogP contribution is 2.48. The van der Waals surface area contributed by atoms with Gasteiger partial charge in [0.1, 0.15) is 24.8 Å². The van der Waals surface area contributed by atoms with Crippen LogP contribution < -0.4 is 29.6 Å². The number of hydrogen-bond donors (Lipinski definition) is 2. The fourth-order valence-electron chi connectivity index (χ4n) is 3.89. The lowest BCUT2D eigenvalue weighted by Crippen LogP contribution is -2.28. The van der Waals surface area contributed by atoms with Gasteiger partial charge in [-0.2, -0.15) is 0 Å². The molecule has 2 amide bonds. The minimum absolute atomic E-state index is 0.0155. The van der Waals surface area contributed by atoms with Crippen molar-refractivity contribution in [1.29, 1.82) is 0 Å². The van der Waals surface area contributed by atoms with E-state index < -0.39 is 17.7 Å². The second-order valence-electron chi connectivity index (χ2n) is 8.01. The number of benzene rings is 3. The van der Waals surface area contributed by atoms with Crippen LogP contribution in [0.15, 0.2) is 60.8 Å². The van der Waals surface area contributed by atoms with Gasteiger partial charge in [0.05, 0.1) is 17.5 Å². The minimum Gasteiger partial charge on any atom is -0.490 e. The lowest BCUT2D eigenvalue weighted by Gasteiger charge is -2.23. The number of carbonyl (C=O) groups excluding carboxylic acids is 1. The standard InChI is InChI=1S/C27H23F2N3O5/c1-2-34-23-14-20-24(26-25(23)35-11-12-36-26)22(9-10-30-20)37-21-8-7-17(13-19(21)29)32-27(33)31-15-16-5-3-4-6-18(16)28/h3-10,13-14H,2,11-12,15H2,1H3,(H2,31,32,33). The number of nitrogens with one attached hydrogen (secondary N) is 2. The maximum absolute atomic E-state index is 15.0. The number of amides is 2. The molecule has 0 aliphatic carbocycles. The molecule has 1 aliphatic heterocycles. The Labute approximate surface area is 211 Å². The molecule has 3 aromatic carbocycles. The second kappa shape index (κ2) is 10.6. The van der Waals surface area contributed by atoms with E-state index in [4.69, 9.17) is 18.9 Å². The van der Waals surface area contributed by atoms with Crippen LogP contribution >= 0.6 is 0 Å². The summed E-state index contributed by atoms with van der Waals surface area (Å²) in [5, 5.41) is 5.58. The molecule has 37 heavy (non-hydrogen) atoms. The van der Waals surface area contributed by atoms with E-state index >= 15 is 0 Å². The Bertz CT molecular complexity index is 1460. The Morgan fingerprint density at radius 3 is 2.57 bits per heavy atom. The van der Waals surface area contributed by atoms with E-state index in [1.54, 1.807) is 30.3 Å². The predicted octanol–water partition coefficient (Wildman–Crippen LogP) is 5.80. The number of fused-ring (bicyclic) bond motifs is 3. The van der Waals surface area contributed by atoms with Crippen LogP contribution in [-0.2, 0) is 6.54 Å². The number of urea groups is 1. The van der Waals surface area contributed by atoms with E-state index in [-0.39, 0.29) is 18.0 Å². The van der Waals surface area contributed by atoms with Gasteiger partial charge in [0.15, 0.2) is 23.1 Å². The molecule has 0 unspecified atom stereocenters. The van der Waals surface area contributed by atoms with Gasteiger partial charge in [-0.1, -0.05) is 18.2 Å². The third-order valence-corrected chi connectivity index (χ3v) is 5.55. The average molecular weight is 507 g/mol. The highest BCUT2D eigenvalue weighted by molar-refractivity contribution is 5.95. The summed E-state index contributed by atoms with van der Waals surface area (Å²) in [5.74, 6) is 0.492. The summed E-state index contributed by atoms with van der Waals surface area (Å²) in [4.78, 5) is 16.6. The van der Waals surface area contributed by atoms with E-state index in [0.29, 0.717) is 59.3 Å². The van der Waals surface area contributed by atoms with Crippen LogP contribution in [0, 0.1) is 11.6 Å². The molecule has 190 valence electrons. The third kappa shape index (κ3) is 5.18. The number of halogens is 2. The molecule has 2 N–H and O–H groups in total. The monoisotopic (exact) mass is 507 g/mol. The second-order valence-corrected chi connectivity index (χ2v) is 8.01. The van der Waals surface area contributed by atoms with Gasteiger partial charge in [-0.3, -0.25) is 4.98 Å². The summed E-state index contributed by atoms with van der Waals surface area (Å²) >= 11 is 0. The molecule has 1 aliphatic rings. The lowest BCUT2D eigenvalue weighted by molar-refractivity contribution is 0.165. The van der Waals surface area contributed by atoms with Crippen LogP contribution in [0.2, 0.25) is 0 Å². The number of anilines is 1. The Morgan fingerprint density at radius 1 is 0.973 bits per heavy atom. The van der Waals surface area contributed by atoms with Gasteiger partial charge in [0.2, 0.25) is 5.75 Å². The lowest BCUT2D eigenvalue weighted by atomic mass is 10.1. The molecule has 5 rings (SSSR count). The number of pyridine rings is 1. The van der Waals surface area contributed by atoms with Crippen molar-refractivity contribution in [3.63, 3.8) is 0 Å². The molecular formula is C27H23F2N3O5. The number of aromatic nitrogens is 1. The summed E-state index contributed by atoms with van der Waals surface area (Å²) in [6.07, 6.45) is 1.54. The van der Waals surface area contributed by atoms with Crippen molar-refractivity contribution >= 4 is 22.6 Å². The largest absolute Gasteiger partial charge is 0.490 e. The fraction of sp³-hybridized carbons (Fsp3) is 0.185. The van der Waals surface area contributed by atoms with Gasteiger partial charge in [-0.15, -0.1) is 0 Å². The molecule has 0 atom stereocenters. The van der Waals surface area contributed by atoms with Crippen molar-refractivity contribution in [3.05, 3.63) is 78.0 Å². The first-order valence-electron chi connectivity index (χ1n) is 11.6. The van der Waals surface area contributed by atoms with Crippen molar-refractivity contribution in [3.8, 4) is 28.7 Å². The zero-order valence-corrected chi connectivity index (χ0v) is 19.8. The van der Waals surface area contributed by atoms with Gasteiger partial charge < -0.3 is 29.6 Å². The first kappa shape index (κ1) is 24.1. The number of ether oxygens (including phenoxy) is 4. The summed E-state index contributed by atoms with van der Waals surface area (Å²) in [5.41, 5.74) is 1.07. The van der Waals surface area contributed by atoms with Gasteiger partial charge in [0, 0.05) is 36.1 Å². The third-order valence-electron chi connectivity index (χ3n) is 5.55. The molecule has 4 aromatic rings. The van der Waals surface area contributed by atoms with E-state index in [0.717, 1.165) is 6.07 Å². The van der Waals surface area contributed by atoms with Crippen molar-refractivity contribution in [2.45, 2.75) is 13.5 Å². The van der Waals surface area contributed by atoms with Crippen LogP contribution in [0.1, 0.15) is 12.5 Å². The quantitative estimate of drug-likeness (QED) is 0.329. The predicted molar refractivity (Wildman–Crippen MR) is 133 cm³/mol. The van der Waals surface area contributed by atoms with E-state index in [9.17, 15) is 13.6 Å². The summed E-state index contributed by atoms with van der Waals surface area (Å²) in [6.45, 7) is 2.98. The van der Waals surface area contributed by atoms with Gasteiger partial charge in [-0.05, 0) is 31.2 Å². The molecule has 0 fully saturated rings. The highest BCUT2D eigenvalue weighted by Gasteiger charge is 2.25. The minimum atomic E-state index is -0.700. The summed E-state index contributed by atoms with van der Waals surface area (Å²) in [6, 6.07) is 12.8. The van der Waals surface area contributed by atoms with Crippen molar-refractivity contribution in [1.82, 2.24) is 10.3 Å². The number of rotatable bonds is 7. The normalized spacial score (nSPS) is 12.2. The molecule has 0 bridgehead atoms. The molecule has 0 saturated carbocycles. The van der Waals surface area contributed by atoms with Crippen molar-refractivity contribution in [2.24, 2.45) is 0 Å². The number of nitrogens with zero attached hydrogens (tertiary/aromatic N) is 1. The number of hydrogen-bond acceptors (Lipinski definition) is 6. The molecule has 8 nitrogen and oxygen atoms in total. The zero-order chi connectivity index (χ0) is 25.8. The smallest absolute Gasteiger partial charge is 0.319 e. The fourth-order valence-corrected chi connectivity index (χ4v) is 3.89. The Kier molecular flexibility index (Phi) is 6.89. The van der Waals surface area contributed by atoms with Crippen LogP contribution in [0.25, 0.3) is 10.9 Å². The Morgan fingerprint density at radius 2 is 1.78 bits per heavy atom. The maximum Gasteiger partial charge on any atom is 0.319 e. The van der Waals surface area contributed by atoms with Crippen LogP contribution in [0.5, 0.6) is 28.7 Å². The van der Waals surface area contributed by atoms with Crippen molar-refractivity contribution < 1.29 is 32.5 Å². The first-order valence-corrected chi connectivity index (χ1v) is 11.6. The molecule has 0 saturated heterocycles. The zero-order valence-electron chi connectivity index (χ0n) is 19.8. The van der Waals surface area contributed by atoms with E-state index in [1.807, 2.05) is 6.92 Å². The molecular weight excluding hydrogens is 484 g/mol. The van der Waals surface area contributed by atoms with E-state index in [1.165, 1.54) is 24.4 Å². The topological polar surface area (TPSA) is 90.9 Å². The summed E-state index contributed by atoms with van der Waals surface area (Å²) in [7, 11) is 0. The van der Waals surface area contributed by atoms with Crippen LogP contribution in [-0.4, -0.2) is 30.8 Å². The van der Waals surface area contributed by atoms with Gasteiger partial charge in [-0.25, -0.2) is 13.6 Å². The Hall–Kier alpha value is -4.60. The van der Waals surface area contributed by atoms with Gasteiger partial charge >= 0.3 is 6.03 Å². The molecule has 1 aromatic heterocycles. The van der Waals surface area contributed by atoms with E-state index in [2.05, 4.69) is 15.6 Å². The van der Waals surface area contributed by atoms with Crippen molar-refractivity contribution in [2.75, 3.05) is 25.1 Å². The maximum atomic E-state index is 15.0. The summed E-state index contributed by atoms with van der Waals surface area (Å²) < 4.78 is 51.9. The van der Waals surface area contributed by atoms with Gasteiger partial charge in [0.25, 0.3) is 0 Å². The van der Waals surface area contributed by atoms with Crippen LogP contribution in [0.3, 0.4) is 0 Å². The first-order chi connectivity index (χ1) is 18.0. The SMILES string of the molecule is CCOc1cc2nccc(Oc3ccc(NC(=O)NCc4ccccc4F)cc3F)c2c2c1OCCO2. The van der Waals surface area contributed by atoms with Crippen LogP contribution in [0.4, 0.5) is 19.3 Å². The number of carbonyl (C=O) groups is 1. The molecule has 0 radical (unpaired) electrons. The molecule has 10 heteroatoms.